The van der Waals surface area contributed by atoms with E-state index in [1.165, 1.54) is 12.8 Å². The number of hydrogen-bond acceptors (Lipinski definition) is 2. The van der Waals surface area contributed by atoms with Crippen molar-refractivity contribution < 1.29 is 9.53 Å². The first-order valence-electron chi connectivity index (χ1n) is 6.47. The smallest absolute Gasteiger partial charge is 0.258 e. The van der Waals surface area contributed by atoms with Gasteiger partial charge in [-0.05, 0) is 37.1 Å². The van der Waals surface area contributed by atoms with E-state index in [0.29, 0.717) is 15.6 Å². The van der Waals surface area contributed by atoms with Crippen LogP contribution in [0.25, 0.3) is 0 Å². The number of halogens is 2. The highest BCUT2D eigenvalue weighted by Gasteiger charge is 2.24. The van der Waals surface area contributed by atoms with E-state index < -0.39 is 0 Å². The average Bonchev–Trinajstić information content (AvgIpc) is 2.41. The van der Waals surface area contributed by atoms with E-state index in [1.54, 1.807) is 24.3 Å². The Labute approximate surface area is 126 Å². The summed E-state index contributed by atoms with van der Waals surface area (Å²) in [4.78, 5) is 12.2. The molecule has 0 aliphatic heterocycles. The molecule has 1 aromatic rings. The fourth-order valence-corrected chi connectivity index (χ4v) is 3.02. The lowest BCUT2D eigenvalue weighted by atomic mass is 9.95. The Kier molecular flexibility index (Phi) is 5.52. The Balaban J connectivity index is 1.76. The Bertz CT molecular complexity index is 424. The number of rotatable bonds is 4. The highest BCUT2D eigenvalue weighted by Crippen LogP contribution is 2.24. The van der Waals surface area contributed by atoms with Crippen molar-refractivity contribution in [1.82, 2.24) is 5.32 Å². The number of carbonyl (C=O) groups is 1. The second-order valence-electron chi connectivity index (χ2n) is 4.72. The third kappa shape index (κ3) is 4.69. The predicted octanol–water partition coefficient (Wildman–Crippen LogP) is 3.54. The van der Waals surface area contributed by atoms with Gasteiger partial charge in [0.25, 0.3) is 5.91 Å². The third-order valence-electron chi connectivity index (χ3n) is 3.21. The van der Waals surface area contributed by atoms with Crippen molar-refractivity contribution in [2.75, 3.05) is 6.61 Å². The number of nitrogens with one attached hydrogen (secondary N) is 1. The predicted molar refractivity (Wildman–Crippen MR) is 80.1 cm³/mol. The molecule has 1 aliphatic rings. The second-order valence-corrected chi connectivity index (χ2v) is 6.33. The van der Waals surface area contributed by atoms with Gasteiger partial charge < -0.3 is 10.1 Å². The zero-order valence-corrected chi connectivity index (χ0v) is 12.9. The van der Waals surface area contributed by atoms with Crippen molar-refractivity contribution in [2.45, 2.75) is 36.6 Å². The van der Waals surface area contributed by atoms with Gasteiger partial charge >= 0.3 is 0 Å². The van der Waals surface area contributed by atoms with Crippen LogP contribution in [-0.4, -0.2) is 23.4 Å². The van der Waals surface area contributed by atoms with E-state index in [-0.39, 0.29) is 18.6 Å². The van der Waals surface area contributed by atoms with Crippen molar-refractivity contribution in [3.05, 3.63) is 29.3 Å². The van der Waals surface area contributed by atoms with Crippen LogP contribution < -0.4 is 10.1 Å². The van der Waals surface area contributed by atoms with Gasteiger partial charge in [0.05, 0.1) is 0 Å². The molecule has 0 bridgehead atoms. The number of hydrogen-bond donors (Lipinski definition) is 1. The second kappa shape index (κ2) is 7.15. The van der Waals surface area contributed by atoms with Crippen LogP contribution in [0.3, 0.4) is 0 Å². The Morgan fingerprint density at radius 2 is 2.00 bits per heavy atom. The van der Waals surface area contributed by atoms with Gasteiger partial charge in [-0.1, -0.05) is 40.4 Å². The normalized spacial score (nSPS) is 22.8. The summed E-state index contributed by atoms with van der Waals surface area (Å²) in [6.07, 6.45) is 4.54. The van der Waals surface area contributed by atoms with Gasteiger partial charge in [0.1, 0.15) is 5.75 Å². The maximum atomic E-state index is 11.8. The third-order valence-corrected chi connectivity index (χ3v) is 4.56. The molecule has 2 unspecified atom stereocenters. The molecule has 0 spiro atoms. The fraction of sp³-hybridized carbons (Fsp3) is 0.500. The number of carbonyl (C=O) groups excluding carboxylic acids is 1. The monoisotopic (exact) mass is 345 g/mol. The van der Waals surface area contributed by atoms with Crippen LogP contribution in [0.5, 0.6) is 5.75 Å². The van der Waals surface area contributed by atoms with Crippen LogP contribution in [-0.2, 0) is 4.79 Å². The lowest BCUT2D eigenvalue weighted by Crippen LogP contribution is -2.44. The van der Waals surface area contributed by atoms with E-state index in [9.17, 15) is 4.79 Å². The first kappa shape index (κ1) is 14.7. The van der Waals surface area contributed by atoms with Crippen molar-refractivity contribution in [2.24, 2.45) is 0 Å². The summed E-state index contributed by atoms with van der Waals surface area (Å²) < 4.78 is 5.41. The van der Waals surface area contributed by atoms with Crippen LogP contribution in [0.2, 0.25) is 5.02 Å². The number of alkyl halides is 1. The number of benzene rings is 1. The topological polar surface area (TPSA) is 38.3 Å². The van der Waals surface area contributed by atoms with E-state index in [1.807, 2.05) is 0 Å². The highest BCUT2D eigenvalue weighted by molar-refractivity contribution is 9.09. The molecule has 1 N–H and O–H groups in total. The molecule has 0 radical (unpaired) electrons. The molecule has 19 heavy (non-hydrogen) atoms. The minimum Gasteiger partial charge on any atom is -0.484 e. The van der Waals surface area contributed by atoms with Crippen LogP contribution in [0, 0.1) is 0 Å². The van der Waals surface area contributed by atoms with E-state index in [4.69, 9.17) is 16.3 Å². The van der Waals surface area contributed by atoms with Gasteiger partial charge in [0, 0.05) is 15.9 Å². The van der Waals surface area contributed by atoms with Gasteiger partial charge in [0.15, 0.2) is 6.61 Å². The average molecular weight is 347 g/mol. The van der Waals surface area contributed by atoms with Crippen molar-refractivity contribution in [3.63, 3.8) is 0 Å². The first-order valence-corrected chi connectivity index (χ1v) is 7.76. The van der Waals surface area contributed by atoms with E-state index in [0.717, 1.165) is 12.8 Å². The minimum atomic E-state index is -0.0775. The molecule has 0 heterocycles. The first-order chi connectivity index (χ1) is 9.15. The zero-order valence-electron chi connectivity index (χ0n) is 10.6. The molecule has 1 aromatic carbocycles. The summed E-state index contributed by atoms with van der Waals surface area (Å²) in [7, 11) is 0. The molecule has 0 aromatic heterocycles. The van der Waals surface area contributed by atoms with Gasteiger partial charge in [-0.2, -0.15) is 0 Å². The van der Waals surface area contributed by atoms with Gasteiger partial charge in [-0.25, -0.2) is 0 Å². The minimum absolute atomic E-state index is 0.0395. The summed E-state index contributed by atoms with van der Waals surface area (Å²) in [5, 5.41) is 3.67. The lowest BCUT2D eigenvalue weighted by Gasteiger charge is -2.28. The highest BCUT2D eigenvalue weighted by atomic mass is 79.9. The van der Waals surface area contributed by atoms with Gasteiger partial charge in [-0.15, -0.1) is 0 Å². The molecule has 1 aliphatic carbocycles. The van der Waals surface area contributed by atoms with Crippen molar-refractivity contribution in [1.29, 1.82) is 0 Å². The summed E-state index contributed by atoms with van der Waals surface area (Å²) in [6.45, 7) is 0.0395. The Morgan fingerprint density at radius 3 is 2.68 bits per heavy atom. The quantitative estimate of drug-likeness (QED) is 0.847. The van der Waals surface area contributed by atoms with Crippen LogP contribution in [0.4, 0.5) is 0 Å². The number of amides is 1. The Hall–Kier alpha value is -0.740. The number of ether oxygens (including phenoxy) is 1. The largest absolute Gasteiger partial charge is 0.484 e. The van der Waals surface area contributed by atoms with Gasteiger partial charge in [-0.3, -0.25) is 4.79 Å². The SMILES string of the molecule is O=C(COc1ccc(Cl)cc1)NC1CCCCC1Br. The Morgan fingerprint density at radius 1 is 1.32 bits per heavy atom. The molecule has 1 amide bonds. The summed E-state index contributed by atoms with van der Waals surface area (Å²) in [5.74, 6) is 0.574. The molecule has 1 saturated carbocycles. The molecular weight excluding hydrogens is 330 g/mol. The van der Waals surface area contributed by atoms with Crippen LogP contribution in [0.15, 0.2) is 24.3 Å². The van der Waals surface area contributed by atoms with Crippen molar-refractivity contribution >= 4 is 33.4 Å². The molecule has 104 valence electrons. The summed E-state index contributed by atoms with van der Waals surface area (Å²) in [6, 6.07) is 7.21. The van der Waals surface area contributed by atoms with Gasteiger partial charge in [0.2, 0.25) is 0 Å². The standard InChI is InChI=1S/C14H17BrClNO2/c15-12-3-1-2-4-13(12)17-14(18)9-19-11-7-5-10(16)6-8-11/h5-8,12-13H,1-4,9H2,(H,17,18). The summed E-state index contributed by atoms with van der Waals surface area (Å²) in [5.41, 5.74) is 0. The maximum Gasteiger partial charge on any atom is 0.258 e. The molecule has 5 heteroatoms. The zero-order chi connectivity index (χ0) is 13.7. The lowest BCUT2D eigenvalue weighted by molar-refractivity contribution is -0.123. The molecule has 2 atom stereocenters. The molecule has 0 saturated heterocycles. The van der Waals surface area contributed by atoms with Crippen LogP contribution in [0.1, 0.15) is 25.7 Å². The fourth-order valence-electron chi connectivity index (χ4n) is 2.18. The van der Waals surface area contributed by atoms with Crippen molar-refractivity contribution in [3.8, 4) is 5.75 Å². The maximum absolute atomic E-state index is 11.8. The molecule has 2 rings (SSSR count). The molecular formula is C14H17BrClNO2. The van der Waals surface area contributed by atoms with E-state index >= 15 is 0 Å². The summed E-state index contributed by atoms with van der Waals surface area (Å²) >= 11 is 9.40. The molecule has 1 fully saturated rings. The molecule has 3 nitrogen and oxygen atoms in total. The van der Waals surface area contributed by atoms with E-state index in [2.05, 4.69) is 21.2 Å². The van der Waals surface area contributed by atoms with Crippen LogP contribution >= 0.6 is 27.5 Å².